The molecule has 0 saturated carbocycles. The molecule has 0 unspecified atom stereocenters. The lowest BCUT2D eigenvalue weighted by Crippen LogP contribution is -1.72. The molecule has 1 nitrogen and oxygen atoms in total. The highest BCUT2D eigenvalue weighted by Crippen LogP contribution is 2.20. The van der Waals surface area contributed by atoms with Crippen molar-refractivity contribution in [3.8, 4) is 0 Å². The molecule has 0 aromatic carbocycles. The average molecular weight is 148 g/mol. The molecule has 58 valence electrons. The Morgan fingerprint density at radius 2 is 2.55 bits per heavy atom. The van der Waals surface area contributed by atoms with Crippen LogP contribution in [-0.2, 0) is 4.79 Å². The summed E-state index contributed by atoms with van der Waals surface area (Å²) in [4.78, 5) is 9.75. The zero-order valence-electron chi connectivity index (χ0n) is 6.55. The second kappa shape index (κ2) is 4.70. The van der Waals surface area contributed by atoms with Gasteiger partial charge in [0.25, 0.3) is 0 Å². The van der Waals surface area contributed by atoms with Crippen molar-refractivity contribution in [3.05, 3.63) is 29.9 Å². The van der Waals surface area contributed by atoms with Gasteiger partial charge < -0.3 is 0 Å². The molecule has 0 spiro atoms. The molecular weight excluding hydrogens is 136 g/mol. The van der Waals surface area contributed by atoms with Crippen molar-refractivity contribution in [2.24, 2.45) is 0 Å². The third-order valence-electron chi connectivity index (χ3n) is 1.82. The van der Waals surface area contributed by atoms with Crippen molar-refractivity contribution >= 4 is 5.94 Å². The van der Waals surface area contributed by atoms with Crippen molar-refractivity contribution in [3.63, 3.8) is 0 Å². The van der Waals surface area contributed by atoms with Gasteiger partial charge in [0.15, 0.2) is 0 Å². The van der Waals surface area contributed by atoms with Crippen molar-refractivity contribution in [1.29, 1.82) is 0 Å². The highest BCUT2D eigenvalue weighted by atomic mass is 16.1. The Hall–Kier alpha value is -1.07. The largest absolute Gasteiger partial charge is 0.234 e. The minimum atomic E-state index is 0.998. The Balaban J connectivity index is 2.26. The molecule has 0 amide bonds. The third-order valence-corrected chi connectivity index (χ3v) is 1.82. The zero-order valence-corrected chi connectivity index (χ0v) is 6.55. The Labute approximate surface area is 67.1 Å². The normalized spacial score (nSPS) is 16.5. The van der Waals surface area contributed by atoms with Crippen LogP contribution in [0.3, 0.4) is 0 Å². The molecular formula is C10H12O. The fourth-order valence-electron chi connectivity index (χ4n) is 1.25. The summed E-state index contributed by atoms with van der Waals surface area (Å²) >= 11 is 0. The second-order valence-corrected chi connectivity index (χ2v) is 2.67. The maximum Gasteiger partial charge on any atom is 0.124 e. The van der Waals surface area contributed by atoms with E-state index in [9.17, 15) is 4.79 Å². The van der Waals surface area contributed by atoms with E-state index in [0.29, 0.717) is 0 Å². The smallest absolute Gasteiger partial charge is 0.124 e. The summed E-state index contributed by atoms with van der Waals surface area (Å²) < 4.78 is 0. The molecule has 0 aromatic rings. The van der Waals surface area contributed by atoms with Crippen LogP contribution in [0.1, 0.15) is 25.7 Å². The Bertz CT molecular complexity index is 217. The molecule has 1 heteroatoms. The maximum atomic E-state index is 9.75. The molecule has 0 saturated heterocycles. The maximum absolute atomic E-state index is 9.75. The van der Waals surface area contributed by atoms with Gasteiger partial charge in [0, 0.05) is 6.08 Å². The van der Waals surface area contributed by atoms with E-state index in [4.69, 9.17) is 0 Å². The van der Waals surface area contributed by atoms with Gasteiger partial charge >= 0.3 is 0 Å². The van der Waals surface area contributed by atoms with E-state index < -0.39 is 0 Å². The summed E-state index contributed by atoms with van der Waals surface area (Å²) in [5.74, 6) is 1.71. The molecule has 0 radical (unpaired) electrons. The first kappa shape index (κ1) is 8.03. The van der Waals surface area contributed by atoms with Crippen LogP contribution in [0.4, 0.5) is 0 Å². The summed E-state index contributed by atoms with van der Waals surface area (Å²) in [5.41, 5.74) is 1.50. The molecule has 0 N–H and O–H groups in total. The summed E-state index contributed by atoms with van der Waals surface area (Å²) in [6.45, 7) is 0. The monoisotopic (exact) mass is 148 g/mol. The predicted molar refractivity (Wildman–Crippen MR) is 46.0 cm³/mol. The molecule has 0 heterocycles. The van der Waals surface area contributed by atoms with E-state index >= 15 is 0 Å². The SMILES string of the molecule is O=C=C/C=C\CC1=CCCC1. The van der Waals surface area contributed by atoms with E-state index in [0.717, 1.165) is 6.42 Å². The first-order chi connectivity index (χ1) is 5.43. The average Bonchev–Trinajstić information content (AvgIpc) is 2.50. The molecule has 0 aromatic heterocycles. The lowest BCUT2D eigenvalue weighted by Gasteiger charge is -1.91. The van der Waals surface area contributed by atoms with Crippen LogP contribution in [0, 0.1) is 0 Å². The molecule has 0 aliphatic heterocycles. The van der Waals surface area contributed by atoms with Gasteiger partial charge in [0.1, 0.15) is 5.94 Å². The Morgan fingerprint density at radius 1 is 1.64 bits per heavy atom. The van der Waals surface area contributed by atoms with Gasteiger partial charge in [-0.2, -0.15) is 0 Å². The minimum absolute atomic E-state index is 0.998. The van der Waals surface area contributed by atoms with Gasteiger partial charge in [-0.1, -0.05) is 23.8 Å². The highest BCUT2D eigenvalue weighted by Gasteiger charge is 2.00. The molecule has 0 fully saturated rings. The summed E-state index contributed by atoms with van der Waals surface area (Å²) in [5, 5.41) is 0. The molecule has 1 rings (SSSR count). The van der Waals surface area contributed by atoms with Gasteiger partial charge in [-0.15, -0.1) is 0 Å². The summed E-state index contributed by atoms with van der Waals surface area (Å²) in [6, 6.07) is 0. The van der Waals surface area contributed by atoms with E-state index in [1.54, 1.807) is 12.0 Å². The fraction of sp³-hybridized carbons (Fsp3) is 0.400. The summed E-state index contributed by atoms with van der Waals surface area (Å²) in [6.07, 6.45) is 12.2. The first-order valence-electron chi connectivity index (χ1n) is 3.97. The van der Waals surface area contributed by atoms with E-state index in [1.807, 2.05) is 6.08 Å². The van der Waals surface area contributed by atoms with E-state index in [-0.39, 0.29) is 0 Å². The molecule has 0 atom stereocenters. The molecule has 1 aliphatic carbocycles. The van der Waals surface area contributed by atoms with Gasteiger partial charge in [-0.25, -0.2) is 4.79 Å². The topological polar surface area (TPSA) is 17.1 Å². The number of hydrogen-bond donors (Lipinski definition) is 0. The zero-order chi connectivity index (χ0) is 7.94. The molecule has 0 bridgehead atoms. The predicted octanol–water partition coefficient (Wildman–Crippen LogP) is 2.43. The first-order valence-corrected chi connectivity index (χ1v) is 3.97. The van der Waals surface area contributed by atoms with Crippen LogP contribution in [0.5, 0.6) is 0 Å². The quantitative estimate of drug-likeness (QED) is 0.341. The summed E-state index contributed by atoms with van der Waals surface area (Å²) in [7, 11) is 0. The van der Waals surface area contributed by atoms with Crippen molar-refractivity contribution in [2.45, 2.75) is 25.7 Å². The Kier molecular flexibility index (Phi) is 3.43. The fourth-order valence-corrected chi connectivity index (χ4v) is 1.25. The molecule has 1 aliphatic rings. The lowest BCUT2D eigenvalue weighted by molar-refractivity contribution is 0.569. The van der Waals surface area contributed by atoms with Crippen LogP contribution in [0.15, 0.2) is 29.9 Å². The van der Waals surface area contributed by atoms with Crippen molar-refractivity contribution in [1.82, 2.24) is 0 Å². The van der Waals surface area contributed by atoms with Crippen molar-refractivity contribution in [2.75, 3.05) is 0 Å². The van der Waals surface area contributed by atoms with Crippen LogP contribution in [0.2, 0.25) is 0 Å². The minimum Gasteiger partial charge on any atom is -0.234 e. The number of carbonyl (C=O) groups excluding carboxylic acids is 1. The van der Waals surface area contributed by atoms with E-state index in [1.165, 1.54) is 30.9 Å². The van der Waals surface area contributed by atoms with Gasteiger partial charge in [-0.05, 0) is 25.7 Å². The number of hydrogen-bond acceptors (Lipinski definition) is 1. The van der Waals surface area contributed by atoms with Crippen molar-refractivity contribution < 1.29 is 4.79 Å². The highest BCUT2D eigenvalue weighted by molar-refractivity contribution is 5.48. The third kappa shape index (κ3) is 3.01. The van der Waals surface area contributed by atoms with Crippen LogP contribution in [0.25, 0.3) is 0 Å². The van der Waals surface area contributed by atoms with Gasteiger partial charge in [0.2, 0.25) is 0 Å². The molecule has 11 heavy (non-hydrogen) atoms. The van der Waals surface area contributed by atoms with Gasteiger partial charge in [0.05, 0.1) is 0 Å². The van der Waals surface area contributed by atoms with E-state index in [2.05, 4.69) is 6.08 Å². The Morgan fingerprint density at radius 3 is 3.18 bits per heavy atom. The second-order valence-electron chi connectivity index (χ2n) is 2.67. The van der Waals surface area contributed by atoms with Crippen LogP contribution in [-0.4, -0.2) is 5.94 Å². The van der Waals surface area contributed by atoms with Crippen LogP contribution < -0.4 is 0 Å². The standard InChI is InChI=1S/C10H12O/c11-9-5-1-2-6-10-7-3-4-8-10/h1-2,5,7H,3-4,6,8H2/b2-1-. The lowest BCUT2D eigenvalue weighted by atomic mass is 10.1. The number of allylic oxidation sites excluding steroid dienone is 5. The van der Waals surface area contributed by atoms with Crippen LogP contribution >= 0.6 is 0 Å². The van der Waals surface area contributed by atoms with Gasteiger partial charge in [-0.3, -0.25) is 0 Å². The number of rotatable bonds is 3.